The molecule has 8 aromatic rings. The number of aromatic nitrogens is 3. The topological polar surface area (TPSA) is 47.9 Å². The average molecular weight is 640 g/mol. The van der Waals surface area contributed by atoms with Crippen molar-refractivity contribution in [2.24, 2.45) is 0 Å². The molecular formula is C46H29N3O. The fourth-order valence-electron chi connectivity index (χ4n) is 7.91. The van der Waals surface area contributed by atoms with E-state index in [0.717, 1.165) is 62.0 Å². The molecule has 0 N–H and O–H groups in total. The summed E-state index contributed by atoms with van der Waals surface area (Å²) in [7, 11) is 0. The Balaban J connectivity index is 1.18. The van der Waals surface area contributed by atoms with Gasteiger partial charge in [0, 0.05) is 34.0 Å². The first kappa shape index (κ1) is 28.4. The molecule has 0 unspecified atom stereocenters. The molecule has 4 nitrogen and oxygen atoms in total. The van der Waals surface area contributed by atoms with E-state index < -0.39 is 5.41 Å². The number of hydrogen-bond donors (Lipinski definition) is 0. The Labute approximate surface area is 290 Å². The van der Waals surface area contributed by atoms with E-state index in [-0.39, 0.29) is 0 Å². The molecule has 2 aliphatic rings. The van der Waals surface area contributed by atoms with Crippen molar-refractivity contribution in [3.05, 3.63) is 198 Å². The normalized spacial score (nSPS) is 13.1. The maximum atomic E-state index is 6.94. The number of ether oxygens (including phenoxy) is 1. The number of benzene rings is 6. The number of para-hydroxylation sites is 2. The molecule has 0 fully saturated rings. The highest BCUT2D eigenvalue weighted by atomic mass is 16.5. The summed E-state index contributed by atoms with van der Waals surface area (Å²) >= 11 is 0. The van der Waals surface area contributed by atoms with E-state index in [4.69, 9.17) is 14.7 Å². The SMILES string of the molecule is c1ccc(-c2cc(-c3ccccn3)nc(-c3cccc(-c4cccc5c4Oc4ccccc4C54c5ccccc5-c5ccccc54)c3)n2)cc1. The van der Waals surface area contributed by atoms with Gasteiger partial charge in [-0.15, -0.1) is 0 Å². The molecule has 1 aliphatic heterocycles. The zero-order valence-electron chi connectivity index (χ0n) is 27.0. The Morgan fingerprint density at radius 3 is 1.78 bits per heavy atom. The van der Waals surface area contributed by atoms with Gasteiger partial charge < -0.3 is 4.74 Å². The molecule has 0 saturated heterocycles. The monoisotopic (exact) mass is 639 g/mol. The summed E-state index contributed by atoms with van der Waals surface area (Å²) in [6, 6.07) is 59.3. The van der Waals surface area contributed by atoms with Crippen molar-refractivity contribution < 1.29 is 4.74 Å². The largest absolute Gasteiger partial charge is 0.456 e. The first-order valence-electron chi connectivity index (χ1n) is 16.9. The predicted molar refractivity (Wildman–Crippen MR) is 199 cm³/mol. The Bertz CT molecular complexity index is 2480. The third-order valence-electron chi connectivity index (χ3n) is 10.0. The molecule has 234 valence electrons. The molecule has 3 heterocycles. The molecule has 6 aromatic carbocycles. The van der Waals surface area contributed by atoms with Gasteiger partial charge in [-0.3, -0.25) is 4.98 Å². The Morgan fingerprint density at radius 2 is 1.00 bits per heavy atom. The highest BCUT2D eigenvalue weighted by Gasteiger charge is 2.51. The standard InChI is InChI=1S/C46H29N3O/c1-2-14-30(15-3-1)41-29-42(40-25-10-11-27-47-40)49-45(48-41)32-17-12-16-31(28-32)33-20-13-24-39-44(33)50-43-26-9-8-23-38(43)46(39)36-21-6-4-18-34(36)35-19-5-7-22-37(35)46/h1-29H. The zero-order chi connectivity index (χ0) is 33.1. The maximum Gasteiger partial charge on any atom is 0.160 e. The van der Waals surface area contributed by atoms with Gasteiger partial charge in [0.2, 0.25) is 0 Å². The van der Waals surface area contributed by atoms with E-state index in [9.17, 15) is 0 Å². The Hall–Kier alpha value is -6.65. The molecule has 0 atom stereocenters. The minimum atomic E-state index is -0.518. The van der Waals surface area contributed by atoms with Crippen LogP contribution < -0.4 is 4.74 Å². The summed E-state index contributed by atoms with van der Waals surface area (Å²) in [6.45, 7) is 0. The molecule has 50 heavy (non-hydrogen) atoms. The van der Waals surface area contributed by atoms with E-state index in [2.05, 4.69) is 132 Å². The summed E-state index contributed by atoms with van der Waals surface area (Å²) in [4.78, 5) is 14.8. The van der Waals surface area contributed by atoms with E-state index >= 15 is 0 Å². The van der Waals surface area contributed by atoms with E-state index in [1.165, 1.54) is 22.3 Å². The fourth-order valence-corrected chi connectivity index (χ4v) is 7.91. The van der Waals surface area contributed by atoms with Gasteiger partial charge in [-0.05, 0) is 58.1 Å². The van der Waals surface area contributed by atoms with Gasteiger partial charge in [0.05, 0.1) is 22.5 Å². The van der Waals surface area contributed by atoms with E-state index in [1.54, 1.807) is 6.20 Å². The lowest BCUT2D eigenvalue weighted by Gasteiger charge is -2.40. The second kappa shape index (κ2) is 11.2. The van der Waals surface area contributed by atoms with Crippen LogP contribution in [0.15, 0.2) is 176 Å². The van der Waals surface area contributed by atoms with Crippen LogP contribution in [0.5, 0.6) is 11.5 Å². The van der Waals surface area contributed by atoms with Crippen LogP contribution in [0.2, 0.25) is 0 Å². The lowest BCUT2D eigenvalue weighted by Crippen LogP contribution is -2.32. The second-order valence-electron chi connectivity index (χ2n) is 12.7. The van der Waals surface area contributed by atoms with Gasteiger partial charge in [-0.25, -0.2) is 9.97 Å². The van der Waals surface area contributed by atoms with Crippen LogP contribution in [-0.2, 0) is 5.41 Å². The predicted octanol–water partition coefficient (Wildman–Crippen LogP) is 11.0. The number of fused-ring (bicyclic) bond motifs is 9. The third-order valence-corrected chi connectivity index (χ3v) is 10.0. The van der Waals surface area contributed by atoms with Crippen LogP contribution in [0.4, 0.5) is 0 Å². The van der Waals surface area contributed by atoms with Crippen molar-refractivity contribution in [3.8, 4) is 67.8 Å². The summed E-state index contributed by atoms with van der Waals surface area (Å²) < 4.78 is 6.94. The molecule has 0 radical (unpaired) electrons. The third kappa shape index (κ3) is 4.22. The first-order chi connectivity index (χ1) is 24.8. The minimum Gasteiger partial charge on any atom is -0.456 e. The molecular weight excluding hydrogens is 611 g/mol. The van der Waals surface area contributed by atoms with Crippen molar-refractivity contribution >= 4 is 0 Å². The molecule has 1 aliphatic carbocycles. The van der Waals surface area contributed by atoms with Crippen LogP contribution in [0.3, 0.4) is 0 Å². The molecule has 0 amide bonds. The number of pyridine rings is 1. The first-order valence-corrected chi connectivity index (χ1v) is 16.9. The van der Waals surface area contributed by atoms with Crippen LogP contribution >= 0.6 is 0 Å². The number of rotatable bonds is 4. The molecule has 4 heteroatoms. The highest BCUT2D eigenvalue weighted by molar-refractivity contribution is 5.90. The van der Waals surface area contributed by atoms with Gasteiger partial charge in [0.15, 0.2) is 5.82 Å². The summed E-state index contributed by atoms with van der Waals surface area (Å²) in [6.07, 6.45) is 1.80. The second-order valence-corrected chi connectivity index (χ2v) is 12.7. The van der Waals surface area contributed by atoms with Crippen molar-refractivity contribution in [2.75, 3.05) is 0 Å². The number of hydrogen-bond acceptors (Lipinski definition) is 4. The maximum absolute atomic E-state index is 6.94. The summed E-state index contributed by atoms with van der Waals surface area (Å²) in [5, 5.41) is 0. The fraction of sp³-hybridized carbons (Fsp3) is 0.0217. The quantitative estimate of drug-likeness (QED) is 0.192. The van der Waals surface area contributed by atoms with Crippen LogP contribution in [0.1, 0.15) is 22.3 Å². The van der Waals surface area contributed by atoms with Crippen molar-refractivity contribution in [3.63, 3.8) is 0 Å². The lowest BCUT2D eigenvalue weighted by atomic mass is 9.65. The Kier molecular flexibility index (Phi) is 6.36. The average Bonchev–Trinajstić information content (AvgIpc) is 3.49. The van der Waals surface area contributed by atoms with Crippen LogP contribution in [0.25, 0.3) is 56.3 Å². The van der Waals surface area contributed by atoms with Crippen molar-refractivity contribution in [1.29, 1.82) is 0 Å². The van der Waals surface area contributed by atoms with E-state index in [1.807, 2.05) is 42.5 Å². The summed E-state index contributed by atoms with van der Waals surface area (Å²) in [5.74, 6) is 2.37. The van der Waals surface area contributed by atoms with Crippen molar-refractivity contribution in [2.45, 2.75) is 5.41 Å². The van der Waals surface area contributed by atoms with Gasteiger partial charge >= 0.3 is 0 Å². The van der Waals surface area contributed by atoms with Gasteiger partial charge in [-0.1, -0.05) is 140 Å². The van der Waals surface area contributed by atoms with Gasteiger partial charge in [-0.2, -0.15) is 0 Å². The van der Waals surface area contributed by atoms with Crippen molar-refractivity contribution in [1.82, 2.24) is 15.0 Å². The highest BCUT2D eigenvalue weighted by Crippen LogP contribution is 2.63. The molecule has 0 saturated carbocycles. The Morgan fingerprint density at radius 1 is 0.400 bits per heavy atom. The molecule has 2 aromatic heterocycles. The number of nitrogens with zero attached hydrogens (tertiary/aromatic N) is 3. The summed E-state index contributed by atoms with van der Waals surface area (Å²) in [5.41, 5.74) is 13.3. The lowest BCUT2D eigenvalue weighted by molar-refractivity contribution is 0.438. The smallest absolute Gasteiger partial charge is 0.160 e. The van der Waals surface area contributed by atoms with Gasteiger partial charge in [0.1, 0.15) is 11.5 Å². The van der Waals surface area contributed by atoms with Crippen LogP contribution in [0, 0.1) is 0 Å². The minimum absolute atomic E-state index is 0.518. The molecule has 1 spiro atoms. The van der Waals surface area contributed by atoms with E-state index in [0.29, 0.717) is 5.82 Å². The molecule has 10 rings (SSSR count). The molecule has 0 bridgehead atoms. The van der Waals surface area contributed by atoms with Crippen LogP contribution in [-0.4, -0.2) is 15.0 Å². The zero-order valence-corrected chi connectivity index (χ0v) is 27.0. The van der Waals surface area contributed by atoms with Gasteiger partial charge in [0.25, 0.3) is 0 Å².